The summed E-state index contributed by atoms with van der Waals surface area (Å²) in [5, 5.41) is 17.3. The number of benzene rings is 1. The molecule has 0 radical (unpaired) electrons. The molecule has 1 N–H and O–H groups in total. The summed E-state index contributed by atoms with van der Waals surface area (Å²) in [7, 11) is 1.69. The molecule has 1 aromatic carbocycles. The van der Waals surface area contributed by atoms with Crippen LogP contribution in [0.4, 0.5) is 0 Å². The highest BCUT2D eigenvalue weighted by atomic mass is 16.5. The molecule has 0 spiro atoms. The Kier molecular flexibility index (Phi) is 4.50. The van der Waals surface area contributed by atoms with E-state index in [1.54, 1.807) is 19.5 Å². The summed E-state index contributed by atoms with van der Waals surface area (Å²) in [4.78, 5) is 4.10. The molecule has 2 heterocycles. The van der Waals surface area contributed by atoms with E-state index in [-0.39, 0.29) is 0 Å². The normalized spacial score (nSPS) is 14.7. The monoisotopic (exact) mass is 348 g/mol. The topological polar surface area (TPSA) is 72.5 Å². The molecule has 0 aliphatic heterocycles. The minimum Gasteiger partial charge on any atom is -0.411 e. The van der Waals surface area contributed by atoms with Crippen molar-refractivity contribution in [1.82, 2.24) is 14.8 Å². The highest BCUT2D eigenvalue weighted by Crippen LogP contribution is 2.34. The second-order valence-electron chi connectivity index (χ2n) is 6.30. The highest BCUT2D eigenvalue weighted by Gasteiger charge is 2.20. The van der Waals surface area contributed by atoms with E-state index < -0.39 is 0 Å². The maximum absolute atomic E-state index is 9.13. The van der Waals surface area contributed by atoms with E-state index in [2.05, 4.69) is 28.5 Å². The Morgan fingerprint density at radius 2 is 1.96 bits per heavy atom. The number of aromatic nitrogens is 3. The fourth-order valence-electron chi connectivity index (χ4n) is 3.40. The van der Waals surface area contributed by atoms with Gasteiger partial charge < -0.3 is 9.94 Å². The van der Waals surface area contributed by atoms with Gasteiger partial charge in [0, 0.05) is 42.4 Å². The Balaban J connectivity index is 1.79. The molecule has 0 unspecified atom stereocenters. The van der Waals surface area contributed by atoms with Crippen LogP contribution in [-0.2, 0) is 17.7 Å². The molecule has 132 valence electrons. The van der Waals surface area contributed by atoms with Crippen LogP contribution in [0.15, 0.2) is 54.1 Å². The number of methoxy groups -OCH3 is 1. The molecule has 0 saturated heterocycles. The molecular formula is C20H20N4O2. The van der Waals surface area contributed by atoms with Crippen LogP contribution in [0, 0.1) is 0 Å². The molecule has 1 aliphatic carbocycles. The zero-order valence-corrected chi connectivity index (χ0v) is 14.6. The van der Waals surface area contributed by atoms with Crippen molar-refractivity contribution in [3.8, 4) is 22.4 Å². The average molecular weight is 348 g/mol. The maximum Gasteiger partial charge on any atom is 0.100 e. The van der Waals surface area contributed by atoms with Crippen molar-refractivity contribution < 1.29 is 9.94 Å². The Labute approximate surface area is 151 Å². The zero-order valence-electron chi connectivity index (χ0n) is 14.6. The van der Waals surface area contributed by atoms with Gasteiger partial charge >= 0.3 is 0 Å². The molecule has 6 nitrogen and oxygen atoms in total. The van der Waals surface area contributed by atoms with Crippen LogP contribution >= 0.6 is 0 Å². The van der Waals surface area contributed by atoms with Gasteiger partial charge in [-0.3, -0.25) is 9.67 Å². The second-order valence-corrected chi connectivity index (χ2v) is 6.30. The fraction of sp³-hybridized carbons (Fsp3) is 0.250. The van der Waals surface area contributed by atoms with E-state index in [1.165, 1.54) is 5.56 Å². The molecule has 1 aliphatic rings. The SMILES string of the molecule is COCCn1cc(-c2ccc3c(c2)CC/C3=N\O)c(-c2ccncc2)n1. The van der Waals surface area contributed by atoms with Gasteiger partial charge in [-0.25, -0.2) is 0 Å². The van der Waals surface area contributed by atoms with E-state index in [0.717, 1.165) is 46.5 Å². The minimum absolute atomic E-state index is 0.609. The molecular weight excluding hydrogens is 328 g/mol. The summed E-state index contributed by atoms with van der Waals surface area (Å²) in [6.07, 6.45) is 7.29. The first-order valence-electron chi connectivity index (χ1n) is 8.61. The number of hydrogen-bond acceptors (Lipinski definition) is 5. The Morgan fingerprint density at radius 3 is 2.73 bits per heavy atom. The lowest BCUT2D eigenvalue weighted by molar-refractivity contribution is 0.183. The summed E-state index contributed by atoms with van der Waals surface area (Å²) >= 11 is 0. The van der Waals surface area contributed by atoms with E-state index in [9.17, 15) is 0 Å². The van der Waals surface area contributed by atoms with Gasteiger partial charge in [-0.05, 0) is 36.1 Å². The van der Waals surface area contributed by atoms with E-state index in [4.69, 9.17) is 15.0 Å². The number of fused-ring (bicyclic) bond motifs is 1. The summed E-state index contributed by atoms with van der Waals surface area (Å²) in [5.74, 6) is 0. The van der Waals surface area contributed by atoms with E-state index in [1.807, 2.05) is 22.9 Å². The first kappa shape index (κ1) is 16.5. The summed E-state index contributed by atoms with van der Waals surface area (Å²) < 4.78 is 7.10. The zero-order chi connectivity index (χ0) is 17.9. The molecule has 6 heteroatoms. The molecule has 0 amide bonds. The van der Waals surface area contributed by atoms with Gasteiger partial charge in [0.2, 0.25) is 0 Å². The Bertz CT molecular complexity index is 948. The third kappa shape index (κ3) is 2.99. The number of pyridine rings is 1. The predicted octanol–water partition coefficient (Wildman–Crippen LogP) is 3.38. The summed E-state index contributed by atoms with van der Waals surface area (Å²) in [5.41, 5.74) is 7.15. The average Bonchev–Trinajstić information content (AvgIpc) is 3.30. The van der Waals surface area contributed by atoms with Gasteiger partial charge in [0.25, 0.3) is 0 Å². The molecule has 3 aromatic rings. The minimum atomic E-state index is 0.609. The fourth-order valence-corrected chi connectivity index (χ4v) is 3.40. The van der Waals surface area contributed by atoms with Crippen molar-refractivity contribution in [1.29, 1.82) is 0 Å². The van der Waals surface area contributed by atoms with Crippen LogP contribution in [0.2, 0.25) is 0 Å². The number of ether oxygens (including phenoxy) is 1. The number of oxime groups is 1. The first-order valence-corrected chi connectivity index (χ1v) is 8.61. The van der Waals surface area contributed by atoms with Gasteiger partial charge in [0.15, 0.2) is 0 Å². The van der Waals surface area contributed by atoms with Crippen molar-refractivity contribution >= 4 is 5.71 Å². The standard InChI is InChI=1S/C20H20N4O2/c1-26-11-10-24-13-18(20(22-24)14-6-8-21-9-7-14)16-2-4-17-15(12-16)3-5-19(17)23-25/h2,4,6-9,12-13,25H,3,5,10-11H2,1H3/b23-19+. The number of nitrogens with zero attached hydrogens (tertiary/aromatic N) is 4. The van der Waals surface area contributed by atoms with Crippen LogP contribution in [0.25, 0.3) is 22.4 Å². The van der Waals surface area contributed by atoms with Crippen molar-refractivity contribution in [2.75, 3.05) is 13.7 Å². The van der Waals surface area contributed by atoms with Crippen LogP contribution in [0.3, 0.4) is 0 Å². The third-order valence-corrected chi connectivity index (χ3v) is 4.72. The van der Waals surface area contributed by atoms with Crippen molar-refractivity contribution in [2.24, 2.45) is 5.16 Å². The summed E-state index contributed by atoms with van der Waals surface area (Å²) in [6.45, 7) is 1.30. The Hall–Kier alpha value is -2.99. The lowest BCUT2D eigenvalue weighted by Gasteiger charge is -2.05. The molecule has 0 fully saturated rings. The number of hydrogen-bond donors (Lipinski definition) is 1. The van der Waals surface area contributed by atoms with Gasteiger partial charge in [-0.15, -0.1) is 0 Å². The quantitative estimate of drug-likeness (QED) is 0.567. The number of rotatable bonds is 5. The number of aryl methyl sites for hydroxylation is 1. The largest absolute Gasteiger partial charge is 0.411 e. The lowest BCUT2D eigenvalue weighted by Crippen LogP contribution is -2.04. The van der Waals surface area contributed by atoms with Gasteiger partial charge in [-0.2, -0.15) is 5.10 Å². The Morgan fingerprint density at radius 1 is 1.12 bits per heavy atom. The molecule has 4 rings (SSSR count). The predicted molar refractivity (Wildman–Crippen MR) is 99.4 cm³/mol. The molecule has 0 atom stereocenters. The molecule has 0 saturated carbocycles. The molecule has 2 aromatic heterocycles. The van der Waals surface area contributed by atoms with Gasteiger partial charge in [0.05, 0.1) is 18.9 Å². The van der Waals surface area contributed by atoms with Crippen LogP contribution in [0.5, 0.6) is 0 Å². The first-order chi connectivity index (χ1) is 12.8. The van der Waals surface area contributed by atoms with Crippen LogP contribution in [0.1, 0.15) is 17.5 Å². The van der Waals surface area contributed by atoms with Crippen molar-refractivity contribution in [3.63, 3.8) is 0 Å². The third-order valence-electron chi connectivity index (χ3n) is 4.72. The molecule has 26 heavy (non-hydrogen) atoms. The maximum atomic E-state index is 9.13. The highest BCUT2D eigenvalue weighted by molar-refractivity contribution is 6.04. The van der Waals surface area contributed by atoms with Crippen molar-refractivity contribution in [3.05, 3.63) is 60.0 Å². The van der Waals surface area contributed by atoms with Crippen molar-refractivity contribution in [2.45, 2.75) is 19.4 Å². The van der Waals surface area contributed by atoms with E-state index >= 15 is 0 Å². The molecule has 0 bridgehead atoms. The van der Waals surface area contributed by atoms with Gasteiger partial charge in [-0.1, -0.05) is 23.4 Å². The second kappa shape index (κ2) is 7.09. The van der Waals surface area contributed by atoms with Crippen LogP contribution < -0.4 is 0 Å². The van der Waals surface area contributed by atoms with E-state index in [0.29, 0.717) is 13.2 Å². The van der Waals surface area contributed by atoms with Gasteiger partial charge in [0.1, 0.15) is 5.69 Å². The lowest BCUT2D eigenvalue weighted by atomic mass is 9.98. The summed E-state index contributed by atoms with van der Waals surface area (Å²) in [6, 6.07) is 10.2. The van der Waals surface area contributed by atoms with Crippen LogP contribution in [-0.4, -0.2) is 39.4 Å². The smallest absolute Gasteiger partial charge is 0.100 e.